The number of aryl methyl sites for hydroxylation is 1. The van der Waals surface area contributed by atoms with Gasteiger partial charge in [0.25, 0.3) is 0 Å². The minimum absolute atomic E-state index is 0.417. The topological polar surface area (TPSA) is 89.2 Å². The molecule has 0 saturated heterocycles. The standard InChI is InChI=1S/C9H14N4O2S3/c1-7-8(12-6-11-7)5-17-4-3-10-9(16-2)13-18(14)15/h6H,3-5H2,1-2H3,(H,11,12)/p+1. The number of H-pyrrole nitrogens is 1. The van der Waals surface area contributed by atoms with Gasteiger partial charge >= 0.3 is 15.7 Å². The Balaban J connectivity index is 2.32. The molecular formula is C9H15N4O2S3+. The fourth-order valence-electron chi connectivity index (χ4n) is 1.12. The second-order valence-corrected chi connectivity index (χ2v) is 5.83. The molecule has 0 atom stereocenters. The normalized spacial score (nSPS) is 11.6. The van der Waals surface area contributed by atoms with E-state index in [1.807, 2.05) is 6.92 Å². The number of nitrogens with one attached hydrogen (secondary N) is 2. The van der Waals surface area contributed by atoms with Crippen molar-refractivity contribution in [1.29, 1.82) is 0 Å². The third-order valence-corrected chi connectivity index (χ3v) is 4.08. The average Bonchev–Trinajstić information content (AvgIpc) is 2.72. The molecule has 1 aromatic heterocycles. The van der Waals surface area contributed by atoms with E-state index in [9.17, 15) is 8.42 Å². The number of aromatic nitrogens is 2. The number of aromatic amines is 1. The van der Waals surface area contributed by atoms with Crippen LogP contribution in [-0.4, -0.2) is 42.1 Å². The third-order valence-electron chi connectivity index (χ3n) is 2.03. The lowest BCUT2D eigenvalue weighted by atomic mass is 10.4. The van der Waals surface area contributed by atoms with Gasteiger partial charge < -0.3 is 4.98 Å². The molecule has 9 heteroatoms. The van der Waals surface area contributed by atoms with E-state index in [1.165, 1.54) is 11.8 Å². The van der Waals surface area contributed by atoms with Crippen molar-refractivity contribution in [3.05, 3.63) is 17.7 Å². The maximum absolute atomic E-state index is 10.4. The highest BCUT2D eigenvalue weighted by Crippen LogP contribution is 2.12. The van der Waals surface area contributed by atoms with Gasteiger partial charge in [-0.3, -0.25) is 0 Å². The molecule has 1 aromatic rings. The molecule has 1 heterocycles. The molecule has 0 bridgehead atoms. The summed E-state index contributed by atoms with van der Waals surface area (Å²) in [5, 5.41) is 0.417. The van der Waals surface area contributed by atoms with Gasteiger partial charge in [0.1, 0.15) is 6.54 Å². The first kappa shape index (κ1) is 15.3. The van der Waals surface area contributed by atoms with E-state index in [-0.39, 0.29) is 0 Å². The van der Waals surface area contributed by atoms with Crippen molar-refractivity contribution < 1.29 is 12.8 Å². The van der Waals surface area contributed by atoms with E-state index in [2.05, 4.69) is 19.3 Å². The van der Waals surface area contributed by atoms with Crippen molar-refractivity contribution in [2.45, 2.75) is 12.7 Å². The molecule has 0 amide bonds. The molecule has 0 unspecified atom stereocenters. The SMILES string of the molecule is CSC(=NCCSCc1nc[nH]c1C)[NH+]=S(=O)=O. The number of rotatable bonds is 5. The minimum atomic E-state index is -2.30. The van der Waals surface area contributed by atoms with E-state index in [1.54, 1.807) is 24.3 Å². The van der Waals surface area contributed by atoms with Crippen LogP contribution in [0, 0.1) is 6.92 Å². The zero-order chi connectivity index (χ0) is 13.4. The Kier molecular flexibility index (Phi) is 7.06. The minimum Gasteiger partial charge on any atom is -0.348 e. The maximum Gasteiger partial charge on any atom is 0.378 e. The highest BCUT2D eigenvalue weighted by Gasteiger charge is 2.04. The molecule has 0 radical (unpaired) electrons. The van der Waals surface area contributed by atoms with Crippen LogP contribution in [-0.2, 0) is 16.3 Å². The quantitative estimate of drug-likeness (QED) is 0.447. The zero-order valence-electron chi connectivity index (χ0n) is 10.1. The Morgan fingerprint density at radius 2 is 2.39 bits per heavy atom. The lowest BCUT2D eigenvalue weighted by Gasteiger charge is -1.95. The van der Waals surface area contributed by atoms with Crippen LogP contribution in [0.5, 0.6) is 0 Å². The van der Waals surface area contributed by atoms with Gasteiger partial charge in [-0.15, -0.1) is 12.8 Å². The van der Waals surface area contributed by atoms with Crippen molar-refractivity contribution in [2.75, 3.05) is 18.6 Å². The second kappa shape index (κ2) is 8.33. The second-order valence-electron chi connectivity index (χ2n) is 3.25. The van der Waals surface area contributed by atoms with Crippen LogP contribution < -0.4 is 4.36 Å². The third kappa shape index (κ3) is 5.69. The van der Waals surface area contributed by atoms with Crippen LogP contribution in [0.2, 0.25) is 0 Å². The summed E-state index contributed by atoms with van der Waals surface area (Å²) in [6, 6.07) is 0. The van der Waals surface area contributed by atoms with Gasteiger partial charge in [-0.05, 0) is 24.9 Å². The van der Waals surface area contributed by atoms with Crippen molar-refractivity contribution in [3.63, 3.8) is 0 Å². The smallest absolute Gasteiger partial charge is 0.348 e. The summed E-state index contributed by atoms with van der Waals surface area (Å²) in [5.41, 5.74) is 2.13. The van der Waals surface area contributed by atoms with Gasteiger partial charge in [0.05, 0.1) is 12.0 Å². The van der Waals surface area contributed by atoms with Crippen molar-refractivity contribution in [2.24, 2.45) is 4.99 Å². The van der Waals surface area contributed by atoms with E-state index in [0.29, 0.717) is 11.7 Å². The summed E-state index contributed by atoms with van der Waals surface area (Å²) in [5.74, 6) is 1.66. The summed E-state index contributed by atoms with van der Waals surface area (Å²) in [6.07, 6.45) is 3.46. The number of thioether (sulfide) groups is 2. The lowest BCUT2D eigenvalue weighted by molar-refractivity contribution is -0.277. The van der Waals surface area contributed by atoms with Crippen LogP contribution in [0.1, 0.15) is 11.4 Å². The van der Waals surface area contributed by atoms with Crippen LogP contribution in [0.4, 0.5) is 0 Å². The Bertz CT molecular complexity index is 528. The molecule has 18 heavy (non-hydrogen) atoms. The predicted octanol–water partition coefficient (Wildman–Crippen LogP) is -0.186. The number of nitrogens with zero attached hydrogens (tertiary/aromatic N) is 2. The highest BCUT2D eigenvalue weighted by molar-refractivity contribution is 8.12. The van der Waals surface area contributed by atoms with Crippen LogP contribution in [0.3, 0.4) is 0 Å². The largest absolute Gasteiger partial charge is 0.378 e. The lowest BCUT2D eigenvalue weighted by Crippen LogP contribution is -2.70. The maximum atomic E-state index is 10.4. The number of aliphatic imine (C=N–C) groups is 1. The van der Waals surface area contributed by atoms with Crippen molar-refractivity contribution >= 4 is 39.2 Å². The molecule has 0 aromatic carbocycles. The monoisotopic (exact) mass is 307 g/mol. The summed E-state index contributed by atoms with van der Waals surface area (Å²) in [7, 11) is -2.30. The van der Waals surface area contributed by atoms with Gasteiger partial charge in [0.15, 0.2) is 0 Å². The van der Waals surface area contributed by atoms with Gasteiger partial charge in [-0.2, -0.15) is 11.8 Å². The van der Waals surface area contributed by atoms with E-state index < -0.39 is 10.5 Å². The molecule has 0 aliphatic carbocycles. The Morgan fingerprint density at radius 3 is 2.94 bits per heavy atom. The molecule has 0 saturated carbocycles. The predicted molar refractivity (Wildman–Crippen MR) is 75.2 cm³/mol. The van der Waals surface area contributed by atoms with E-state index in [0.717, 1.165) is 22.9 Å². The molecule has 100 valence electrons. The Labute approximate surface area is 116 Å². The highest BCUT2D eigenvalue weighted by atomic mass is 32.2. The van der Waals surface area contributed by atoms with Crippen molar-refractivity contribution in [3.8, 4) is 0 Å². The van der Waals surface area contributed by atoms with Gasteiger partial charge in [-0.1, -0.05) is 4.99 Å². The van der Waals surface area contributed by atoms with Crippen molar-refractivity contribution in [1.82, 2.24) is 9.97 Å². The van der Waals surface area contributed by atoms with E-state index in [4.69, 9.17) is 0 Å². The van der Waals surface area contributed by atoms with Gasteiger partial charge in [0.2, 0.25) is 0 Å². The molecule has 0 aliphatic rings. The number of amidine groups is 1. The van der Waals surface area contributed by atoms with Crippen LogP contribution in [0.15, 0.2) is 11.3 Å². The Morgan fingerprint density at radius 1 is 1.61 bits per heavy atom. The first-order chi connectivity index (χ1) is 8.63. The fourth-order valence-corrected chi connectivity index (χ4v) is 2.94. The molecule has 0 aliphatic heterocycles. The Hall–Kier alpha value is -0.800. The number of hydrogen-bond donors (Lipinski definition) is 2. The number of hydrogen-bond acceptors (Lipinski definition) is 6. The van der Waals surface area contributed by atoms with E-state index >= 15 is 0 Å². The fraction of sp³-hybridized carbons (Fsp3) is 0.556. The summed E-state index contributed by atoms with van der Waals surface area (Å²) in [4.78, 5) is 11.4. The summed E-state index contributed by atoms with van der Waals surface area (Å²) >= 11 is 2.99. The molecular weight excluding hydrogens is 292 g/mol. The van der Waals surface area contributed by atoms with Gasteiger partial charge in [0, 0.05) is 17.2 Å². The number of imidazole rings is 1. The summed E-state index contributed by atoms with van der Waals surface area (Å²) < 4.78 is 23.1. The van der Waals surface area contributed by atoms with Crippen LogP contribution in [0.25, 0.3) is 0 Å². The summed E-state index contributed by atoms with van der Waals surface area (Å²) in [6.45, 7) is 2.56. The van der Waals surface area contributed by atoms with Crippen LogP contribution >= 0.6 is 23.5 Å². The molecule has 1 rings (SSSR count). The first-order valence-corrected chi connectivity index (χ1v) is 8.60. The average molecular weight is 307 g/mol. The molecule has 2 N–H and O–H groups in total. The molecule has 6 nitrogen and oxygen atoms in total. The molecule has 0 fully saturated rings. The van der Waals surface area contributed by atoms with Gasteiger partial charge in [-0.25, -0.2) is 4.98 Å². The first-order valence-electron chi connectivity index (χ1n) is 5.14. The zero-order valence-corrected chi connectivity index (χ0v) is 12.6. The molecule has 0 spiro atoms.